The zero-order valence-corrected chi connectivity index (χ0v) is 12.4. The van der Waals surface area contributed by atoms with Crippen molar-refractivity contribution in [1.29, 1.82) is 0 Å². The number of carbonyl (C=O) groups is 2. The lowest BCUT2D eigenvalue weighted by molar-refractivity contribution is 0.0993. The van der Waals surface area contributed by atoms with Crippen molar-refractivity contribution < 1.29 is 9.59 Å². The van der Waals surface area contributed by atoms with Gasteiger partial charge in [0.1, 0.15) is 0 Å². The van der Waals surface area contributed by atoms with Crippen LogP contribution in [0, 0.1) is 0 Å². The second-order valence-corrected chi connectivity index (χ2v) is 5.98. The Balaban J connectivity index is 2.05. The fourth-order valence-electron chi connectivity index (χ4n) is 2.45. The van der Waals surface area contributed by atoms with Crippen molar-refractivity contribution >= 4 is 33.0 Å². The van der Waals surface area contributed by atoms with Crippen LogP contribution in [0.25, 0.3) is 10.1 Å². The smallest absolute Gasteiger partial charge is 0.170 e. The van der Waals surface area contributed by atoms with E-state index in [0.29, 0.717) is 10.4 Å². The van der Waals surface area contributed by atoms with Crippen molar-refractivity contribution in [2.45, 2.75) is 13.3 Å². The van der Waals surface area contributed by atoms with Crippen LogP contribution in [0.3, 0.4) is 0 Å². The van der Waals surface area contributed by atoms with Crippen LogP contribution >= 0.6 is 11.3 Å². The zero-order chi connectivity index (χ0) is 14.8. The summed E-state index contributed by atoms with van der Waals surface area (Å²) in [7, 11) is 0. The average molecular weight is 294 g/mol. The number of hydrogen-bond acceptors (Lipinski definition) is 3. The molecule has 104 valence electrons. The van der Waals surface area contributed by atoms with E-state index in [2.05, 4.69) is 0 Å². The van der Waals surface area contributed by atoms with Gasteiger partial charge in [0, 0.05) is 16.7 Å². The van der Waals surface area contributed by atoms with E-state index >= 15 is 0 Å². The molecule has 3 heteroatoms. The third-order valence-corrected chi connectivity index (χ3v) is 4.77. The summed E-state index contributed by atoms with van der Waals surface area (Å²) >= 11 is 1.47. The van der Waals surface area contributed by atoms with E-state index in [1.165, 1.54) is 11.3 Å². The van der Waals surface area contributed by atoms with E-state index in [1.807, 2.05) is 54.6 Å². The fourth-order valence-corrected chi connectivity index (χ4v) is 3.56. The van der Waals surface area contributed by atoms with Gasteiger partial charge in [-0.15, -0.1) is 11.3 Å². The second kappa shape index (κ2) is 5.62. The van der Waals surface area contributed by atoms with E-state index in [0.717, 1.165) is 15.6 Å². The third-order valence-electron chi connectivity index (χ3n) is 3.45. The van der Waals surface area contributed by atoms with Crippen LogP contribution in [0.4, 0.5) is 0 Å². The first-order chi connectivity index (χ1) is 10.2. The summed E-state index contributed by atoms with van der Waals surface area (Å²) in [6, 6.07) is 17.1. The fraction of sp³-hybridized carbons (Fsp3) is 0.111. The lowest BCUT2D eigenvalue weighted by atomic mass is 9.99. The standard InChI is InChI=1S/C18H14O2S/c1-12(19)18-15(14-9-5-6-10-17(14)21-18)11-16(20)13-7-3-2-4-8-13/h2-10H,11H2,1H3. The average Bonchev–Trinajstić information content (AvgIpc) is 2.87. The number of ketones is 2. The van der Waals surface area contributed by atoms with Gasteiger partial charge in [0.15, 0.2) is 11.6 Å². The van der Waals surface area contributed by atoms with Crippen LogP contribution in [0.5, 0.6) is 0 Å². The summed E-state index contributed by atoms with van der Waals surface area (Å²) in [6.07, 6.45) is 0.267. The monoisotopic (exact) mass is 294 g/mol. The van der Waals surface area contributed by atoms with Crippen molar-refractivity contribution in [2.75, 3.05) is 0 Å². The Kier molecular flexibility index (Phi) is 3.67. The minimum absolute atomic E-state index is 0.0204. The first kappa shape index (κ1) is 13.7. The maximum Gasteiger partial charge on any atom is 0.170 e. The Morgan fingerprint density at radius 1 is 0.952 bits per heavy atom. The molecule has 0 aliphatic heterocycles. The summed E-state index contributed by atoms with van der Waals surface area (Å²) in [5, 5.41) is 1.01. The van der Waals surface area contributed by atoms with Crippen LogP contribution < -0.4 is 0 Å². The molecule has 1 heterocycles. The summed E-state index contributed by atoms with van der Waals surface area (Å²) in [5.74, 6) is 0.0636. The largest absolute Gasteiger partial charge is 0.294 e. The van der Waals surface area contributed by atoms with Crippen LogP contribution in [0.15, 0.2) is 54.6 Å². The third kappa shape index (κ3) is 2.65. The highest BCUT2D eigenvalue weighted by molar-refractivity contribution is 7.21. The molecule has 3 aromatic rings. The number of Topliss-reactive ketones (excluding diaryl/α,β-unsaturated/α-hetero) is 2. The molecule has 0 bridgehead atoms. The Labute approximate surface area is 127 Å². The lowest BCUT2D eigenvalue weighted by Gasteiger charge is -2.03. The van der Waals surface area contributed by atoms with Gasteiger partial charge in [-0.3, -0.25) is 9.59 Å². The van der Waals surface area contributed by atoms with Gasteiger partial charge in [0.2, 0.25) is 0 Å². The quantitative estimate of drug-likeness (QED) is 0.662. The molecule has 0 N–H and O–H groups in total. The SMILES string of the molecule is CC(=O)c1sc2ccccc2c1CC(=O)c1ccccc1. The first-order valence-electron chi connectivity index (χ1n) is 6.76. The van der Waals surface area contributed by atoms with Gasteiger partial charge in [-0.1, -0.05) is 48.5 Å². The van der Waals surface area contributed by atoms with E-state index in [4.69, 9.17) is 0 Å². The summed E-state index contributed by atoms with van der Waals surface area (Å²) in [5.41, 5.74) is 1.54. The molecule has 0 amide bonds. The minimum Gasteiger partial charge on any atom is -0.294 e. The number of carbonyl (C=O) groups excluding carboxylic acids is 2. The Bertz CT molecular complexity index is 816. The van der Waals surface area contributed by atoms with Crippen LogP contribution in [0.2, 0.25) is 0 Å². The topological polar surface area (TPSA) is 34.1 Å². The number of rotatable bonds is 4. The van der Waals surface area contributed by atoms with Crippen molar-refractivity contribution in [2.24, 2.45) is 0 Å². The van der Waals surface area contributed by atoms with Gasteiger partial charge in [-0.05, 0) is 23.9 Å². The molecule has 21 heavy (non-hydrogen) atoms. The molecule has 2 aromatic carbocycles. The molecule has 0 atom stereocenters. The molecule has 0 radical (unpaired) electrons. The predicted octanol–water partition coefficient (Wildman–Crippen LogP) is 4.53. The normalized spacial score (nSPS) is 10.7. The number of fused-ring (bicyclic) bond motifs is 1. The predicted molar refractivity (Wildman–Crippen MR) is 86.3 cm³/mol. The van der Waals surface area contributed by atoms with Crippen molar-refractivity contribution in [3.63, 3.8) is 0 Å². The highest BCUT2D eigenvalue weighted by atomic mass is 32.1. The van der Waals surface area contributed by atoms with Crippen LogP contribution in [0.1, 0.15) is 32.5 Å². The van der Waals surface area contributed by atoms with Gasteiger partial charge in [0.05, 0.1) is 4.88 Å². The van der Waals surface area contributed by atoms with Crippen molar-refractivity contribution in [1.82, 2.24) is 0 Å². The molecule has 0 spiro atoms. The first-order valence-corrected chi connectivity index (χ1v) is 7.58. The zero-order valence-electron chi connectivity index (χ0n) is 11.6. The molecular formula is C18H14O2S. The molecular weight excluding hydrogens is 280 g/mol. The molecule has 0 aliphatic rings. The van der Waals surface area contributed by atoms with Gasteiger partial charge < -0.3 is 0 Å². The molecule has 0 fully saturated rings. The van der Waals surface area contributed by atoms with Gasteiger partial charge in [-0.2, -0.15) is 0 Å². The molecule has 3 rings (SSSR count). The number of thiophene rings is 1. The minimum atomic E-state index is 0.0204. The van der Waals surface area contributed by atoms with Crippen molar-refractivity contribution in [3.05, 3.63) is 70.6 Å². The molecule has 0 saturated heterocycles. The lowest BCUT2D eigenvalue weighted by Crippen LogP contribution is -2.05. The van der Waals surface area contributed by atoms with E-state index in [1.54, 1.807) is 6.92 Å². The van der Waals surface area contributed by atoms with Gasteiger partial charge in [0.25, 0.3) is 0 Å². The summed E-state index contributed by atoms with van der Waals surface area (Å²) in [6.45, 7) is 1.56. The van der Waals surface area contributed by atoms with E-state index < -0.39 is 0 Å². The number of benzene rings is 2. The Hall–Kier alpha value is -2.26. The van der Waals surface area contributed by atoms with Crippen molar-refractivity contribution in [3.8, 4) is 0 Å². The highest BCUT2D eigenvalue weighted by Crippen LogP contribution is 2.32. The number of hydrogen-bond donors (Lipinski definition) is 0. The van der Waals surface area contributed by atoms with E-state index in [-0.39, 0.29) is 18.0 Å². The van der Waals surface area contributed by atoms with E-state index in [9.17, 15) is 9.59 Å². The molecule has 1 aromatic heterocycles. The van der Waals surface area contributed by atoms with Crippen LogP contribution in [-0.2, 0) is 6.42 Å². The summed E-state index contributed by atoms with van der Waals surface area (Å²) < 4.78 is 1.05. The Morgan fingerprint density at radius 2 is 1.62 bits per heavy atom. The van der Waals surface area contributed by atoms with Gasteiger partial charge >= 0.3 is 0 Å². The molecule has 2 nitrogen and oxygen atoms in total. The Morgan fingerprint density at radius 3 is 2.33 bits per heavy atom. The highest BCUT2D eigenvalue weighted by Gasteiger charge is 2.18. The maximum absolute atomic E-state index is 12.4. The van der Waals surface area contributed by atoms with Gasteiger partial charge in [-0.25, -0.2) is 0 Å². The second-order valence-electron chi connectivity index (χ2n) is 4.93. The molecule has 0 unspecified atom stereocenters. The molecule has 0 saturated carbocycles. The maximum atomic E-state index is 12.4. The van der Waals surface area contributed by atoms with Crippen LogP contribution in [-0.4, -0.2) is 11.6 Å². The molecule has 0 aliphatic carbocycles. The summed E-state index contributed by atoms with van der Waals surface area (Å²) in [4.78, 5) is 25.0.